The Balaban J connectivity index is 1.81. The van der Waals surface area contributed by atoms with E-state index in [1.165, 1.54) is 29.9 Å². The molecule has 0 radical (unpaired) electrons. The molecule has 3 rings (SSSR count). The lowest BCUT2D eigenvalue weighted by Crippen LogP contribution is -2.49. The van der Waals surface area contributed by atoms with Gasteiger partial charge in [-0.15, -0.1) is 0 Å². The van der Waals surface area contributed by atoms with Crippen molar-refractivity contribution in [3.8, 4) is 5.75 Å². The van der Waals surface area contributed by atoms with Gasteiger partial charge in [0.1, 0.15) is 17.0 Å². The molecule has 1 fully saturated rings. The number of aromatic nitrogens is 2. The Kier molecular flexibility index (Phi) is 5.83. The number of methoxy groups -OCH3 is 1. The van der Waals surface area contributed by atoms with E-state index in [0.29, 0.717) is 30.2 Å². The summed E-state index contributed by atoms with van der Waals surface area (Å²) >= 11 is 5.97. The molecule has 0 unspecified atom stereocenters. The minimum Gasteiger partial charge on any atom is -0.495 e. The van der Waals surface area contributed by atoms with Gasteiger partial charge in [0.25, 0.3) is 0 Å². The molecule has 0 amide bonds. The molecule has 0 N–H and O–H groups in total. The SMILES string of the molecule is CCc1ncnc(N2CCN(S(=O)(=O)c3cc(Cl)ccc3OC)CC2)c1F. The second kappa shape index (κ2) is 7.95. The molecule has 146 valence electrons. The van der Waals surface area contributed by atoms with Gasteiger partial charge < -0.3 is 9.64 Å². The van der Waals surface area contributed by atoms with Gasteiger partial charge >= 0.3 is 0 Å². The minimum absolute atomic E-state index is 0.0208. The van der Waals surface area contributed by atoms with Crippen molar-refractivity contribution in [3.05, 3.63) is 41.1 Å². The van der Waals surface area contributed by atoms with Crippen LogP contribution in [0.2, 0.25) is 5.02 Å². The molecule has 1 saturated heterocycles. The Bertz CT molecular complexity index is 934. The molecule has 0 bridgehead atoms. The molecule has 10 heteroatoms. The number of hydrogen-bond acceptors (Lipinski definition) is 6. The molecule has 0 atom stereocenters. The largest absolute Gasteiger partial charge is 0.495 e. The summed E-state index contributed by atoms with van der Waals surface area (Å²) in [5.74, 6) is -0.0108. The fraction of sp³-hybridized carbons (Fsp3) is 0.412. The highest BCUT2D eigenvalue weighted by Crippen LogP contribution is 2.30. The van der Waals surface area contributed by atoms with Crippen LogP contribution in [0.4, 0.5) is 10.2 Å². The number of rotatable bonds is 5. The van der Waals surface area contributed by atoms with Gasteiger partial charge in [0.15, 0.2) is 11.6 Å². The first-order chi connectivity index (χ1) is 12.9. The van der Waals surface area contributed by atoms with Crippen LogP contribution in [0.3, 0.4) is 0 Å². The van der Waals surface area contributed by atoms with Gasteiger partial charge in [-0.05, 0) is 24.6 Å². The fourth-order valence-corrected chi connectivity index (χ4v) is 4.83. The Morgan fingerprint density at radius 3 is 2.56 bits per heavy atom. The Morgan fingerprint density at radius 2 is 1.93 bits per heavy atom. The highest BCUT2D eigenvalue weighted by atomic mass is 35.5. The first kappa shape index (κ1) is 19.8. The summed E-state index contributed by atoms with van der Waals surface area (Å²) in [5.41, 5.74) is 0.346. The standard InChI is InChI=1S/C17H20ClFN4O3S/c1-3-13-16(19)17(21-11-20-13)22-6-8-23(9-7-22)27(24,25)15-10-12(18)4-5-14(15)26-2/h4-5,10-11H,3,6-9H2,1-2H3. The van der Waals surface area contributed by atoms with Crippen molar-refractivity contribution < 1.29 is 17.5 Å². The van der Waals surface area contributed by atoms with E-state index in [1.807, 2.05) is 6.92 Å². The number of anilines is 1. The van der Waals surface area contributed by atoms with Crippen molar-refractivity contribution in [1.29, 1.82) is 0 Å². The third kappa shape index (κ3) is 3.85. The van der Waals surface area contributed by atoms with Crippen LogP contribution in [0.25, 0.3) is 0 Å². The van der Waals surface area contributed by atoms with Crippen molar-refractivity contribution in [1.82, 2.24) is 14.3 Å². The van der Waals surface area contributed by atoms with Gasteiger partial charge in [0.2, 0.25) is 10.0 Å². The van der Waals surface area contributed by atoms with Gasteiger partial charge in [-0.1, -0.05) is 18.5 Å². The number of hydrogen-bond donors (Lipinski definition) is 0. The first-order valence-corrected chi connectivity index (χ1v) is 10.3. The fourth-order valence-electron chi connectivity index (χ4n) is 2.99. The van der Waals surface area contributed by atoms with Gasteiger partial charge in [-0.3, -0.25) is 0 Å². The molecular weight excluding hydrogens is 395 g/mol. The molecular formula is C17H20ClFN4O3S. The lowest BCUT2D eigenvalue weighted by molar-refractivity contribution is 0.372. The maximum absolute atomic E-state index is 14.5. The first-order valence-electron chi connectivity index (χ1n) is 8.46. The number of halogens is 2. The quantitative estimate of drug-likeness (QED) is 0.747. The number of ether oxygens (including phenoxy) is 1. The molecule has 2 aromatic rings. The highest BCUT2D eigenvalue weighted by molar-refractivity contribution is 7.89. The van der Waals surface area contributed by atoms with Crippen molar-refractivity contribution in [2.75, 3.05) is 38.2 Å². The summed E-state index contributed by atoms with van der Waals surface area (Å²) < 4.78 is 47.0. The predicted octanol–water partition coefficient (Wildman–Crippen LogP) is 2.35. The van der Waals surface area contributed by atoms with E-state index in [9.17, 15) is 12.8 Å². The number of sulfonamides is 1. The van der Waals surface area contributed by atoms with Crippen molar-refractivity contribution in [2.24, 2.45) is 0 Å². The van der Waals surface area contributed by atoms with E-state index in [2.05, 4.69) is 9.97 Å². The summed E-state index contributed by atoms with van der Waals surface area (Å²) in [6.45, 7) is 2.85. The molecule has 0 aliphatic carbocycles. The molecule has 1 aromatic carbocycles. The summed E-state index contributed by atoms with van der Waals surface area (Å²) in [4.78, 5) is 9.71. The third-order valence-corrected chi connectivity index (χ3v) is 6.61. The van der Waals surface area contributed by atoms with E-state index in [-0.39, 0.29) is 29.6 Å². The second-order valence-corrected chi connectivity index (χ2v) is 8.34. The van der Waals surface area contributed by atoms with Crippen LogP contribution < -0.4 is 9.64 Å². The van der Waals surface area contributed by atoms with E-state index in [4.69, 9.17) is 16.3 Å². The molecule has 7 nitrogen and oxygen atoms in total. The Morgan fingerprint density at radius 1 is 1.22 bits per heavy atom. The van der Waals surface area contributed by atoms with Crippen LogP contribution in [0.15, 0.2) is 29.4 Å². The van der Waals surface area contributed by atoms with E-state index in [0.717, 1.165) is 0 Å². The van der Waals surface area contributed by atoms with Crippen molar-refractivity contribution >= 4 is 27.4 Å². The van der Waals surface area contributed by atoms with E-state index >= 15 is 0 Å². The van der Waals surface area contributed by atoms with Crippen LogP contribution >= 0.6 is 11.6 Å². The third-order valence-electron chi connectivity index (χ3n) is 4.46. The van der Waals surface area contributed by atoms with Crippen LogP contribution in [0.1, 0.15) is 12.6 Å². The number of benzene rings is 1. The van der Waals surface area contributed by atoms with E-state index in [1.54, 1.807) is 11.0 Å². The van der Waals surface area contributed by atoms with E-state index < -0.39 is 15.8 Å². The van der Waals surface area contributed by atoms with Crippen molar-refractivity contribution in [2.45, 2.75) is 18.2 Å². The lowest BCUT2D eigenvalue weighted by atomic mass is 10.2. The molecule has 27 heavy (non-hydrogen) atoms. The van der Waals surface area contributed by atoms with Crippen LogP contribution in [0.5, 0.6) is 5.75 Å². The average molecular weight is 415 g/mol. The molecule has 0 saturated carbocycles. The van der Waals surface area contributed by atoms with Crippen LogP contribution in [0, 0.1) is 5.82 Å². The van der Waals surface area contributed by atoms with Gasteiger partial charge in [0, 0.05) is 31.2 Å². The number of piperazine rings is 1. The average Bonchev–Trinajstić information content (AvgIpc) is 2.68. The van der Waals surface area contributed by atoms with Gasteiger partial charge in [-0.2, -0.15) is 4.31 Å². The van der Waals surface area contributed by atoms with Crippen LogP contribution in [-0.2, 0) is 16.4 Å². The summed E-state index contributed by atoms with van der Waals surface area (Å²) in [6, 6.07) is 4.47. The van der Waals surface area contributed by atoms with Crippen LogP contribution in [-0.4, -0.2) is 56.0 Å². The molecule has 2 heterocycles. The zero-order valence-electron chi connectivity index (χ0n) is 15.0. The topological polar surface area (TPSA) is 75.6 Å². The van der Waals surface area contributed by atoms with Crippen molar-refractivity contribution in [3.63, 3.8) is 0 Å². The highest BCUT2D eigenvalue weighted by Gasteiger charge is 2.32. The molecule has 1 aliphatic heterocycles. The summed E-state index contributed by atoms with van der Waals surface area (Å²) in [7, 11) is -2.38. The predicted molar refractivity (Wildman–Crippen MR) is 100 cm³/mol. The minimum atomic E-state index is -3.79. The molecule has 1 aromatic heterocycles. The maximum atomic E-state index is 14.5. The lowest BCUT2D eigenvalue weighted by Gasteiger charge is -2.35. The normalized spacial score (nSPS) is 15.8. The monoisotopic (exact) mass is 414 g/mol. The number of nitrogens with zero attached hydrogens (tertiary/aromatic N) is 4. The smallest absolute Gasteiger partial charge is 0.246 e. The van der Waals surface area contributed by atoms with Gasteiger partial charge in [-0.25, -0.2) is 22.8 Å². The maximum Gasteiger partial charge on any atom is 0.246 e. The zero-order chi connectivity index (χ0) is 19.6. The summed E-state index contributed by atoms with van der Waals surface area (Å²) in [5, 5.41) is 0.308. The number of aryl methyl sites for hydroxylation is 1. The molecule has 0 spiro atoms. The zero-order valence-corrected chi connectivity index (χ0v) is 16.6. The molecule has 1 aliphatic rings. The Labute approximate surface area is 162 Å². The van der Waals surface area contributed by atoms with Gasteiger partial charge in [0.05, 0.1) is 12.8 Å². The summed E-state index contributed by atoms with van der Waals surface area (Å²) in [6.07, 6.45) is 1.79. The Hall–Kier alpha value is -1.97. The second-order valence-electron chi connectivity index (χ2n) is 6.00.